The van der Waals surface area contributed by atoms with Crippen LogP contribution in [0.15, 0.2) is 43.1 Å². The zero-order chi connectivity index (χ0) is 29.1. The molecule has 0 fully saturated rings. The number of rotatable bonds is 11. The Labute approximate surface area is 236 Å². The molecule has 0 spiro atoms. The van der Waals surface area contributed by atoms with Gasteiger partial charge >= 0.3 is 0 Å². The first-order valence-corrected chi connectivity index (χ1v) is 13.6. The molecule has 0 saturated heterocycles. The predicted octanol–water partition coefficient (Wildman–Crippen LogP) is 3.36. The number of fused-ring (bicyclic) bond motifs is 1. The molecule has 0 aliphatic heterocycles. The predicted molar refractivity (Wildman–Crippen MR) is 153 cm³/mol. The van der Waals surface area contributed by atoms with E-state index in [9.17, 15) is 9.59 Å². The Kier molecular flexibility index (Phi) is 7.86. The van der Waals surface area contributed by atoms with Gasteiger partial charge in [0.1, 0.15) is 17.8 Å². The number of nitrogen functional groups attached to an aromatic ring is 1. The number of aromatic amines is 1. The summed E-state index contributed by atoms with van der Waals surface area (Å²) in [5.74, 6) is 0.0434. The number of hydrogen-bond donors (Lipinski definition) is 2. The third-order valence-corrected chi connectivity index (χ3v) is 7.13. The number of hydrogen-bond acceptors (Lipinski definition) is 9. The van der Waals surface area contributed by atoms with Crippen molar-refractivity contribution in [2.45, 2.75) is 52.5 Å². The summed E-state index contributed by atoms with van der Waals surface area (Å²) in [4.78, 5) is 41.3. The Balaban J connectivity index is 1.47. The van der Waals surface area contributed by atoms with Crippen molar-refractivity contribution in [1.82, 2.24) is 49.4 Å². The highest BCUT2D eigenvalue weighted by molar-refractivity contribution is 6.00. The van der Waals surface area contributed by atoms with Crippen molar-refractivity contribution >= 4 is 23.2 Å². The van der Waals surface area contributed by atoms with Crippen molar-refractivity contribution in [1.29, 1.82) is 0 Å². The van der Waals surface area contributed by atoms with Crippen LogP contribution in [0.2, 0.25) is 0 Å². The summed E-state index contributed by atoms with van der Waals surface area (Å²) >= 11 is 0. The van der Waals surface area contributed by atoms with Gasteiger partial charge in [-0.15, -0.1) is 0 Å². The van der Waals surface area contributed by atoms with E-state index in [0.717, 1.165) is 35.4 Å². The Morgan fingerprint density at radius 3 is 2.56 bits per heavy atom. The second-order valence-corrected chi connectivity index (χ2v) is 9.91. The lowest BCUT2D eigenvalue weighted by atomic mass is 10.0. The van der Waals surface area contributed by atoms with Crippen molar-refractivity contribution in [3.63, 3.8) is 0 Å². The molecule has 0 aliphatic rings. The van der Waals surface area contributed by atoms with Crippen LogP contribution in [0.3, 0.4) is 0 Å². The number of carbonyl (C=O) groups is 2. The van der Waals surface area contributed by atoms with Crippen LogP contribution in [0.25, 0.3) is 28.2 Å². The fourth-order valence-corrected chi connectivity index (χ4v) is 5.11. The van der Waals surface area contributed by atoms with Crippen LogP contribution in [0.5, 0.6) is 0 Å². The highest BCUT2D eigenvalue weighted by atomic mass is 16.2. The van der Waals surface area contributed by atoms with Crippen molar-refractivity contribution in [2.24, 2.45) is 7.05 Å². The van der Waals surface area contributed by atoms with Gasteiger partial charge in [0.05, 0.1) is 23.1 Å². The molecular weight excluding hydrogens is 522 g/mol. The molecule has 5 heterocycles. The first kappa shape index (κ1) is 27.6. The number of nitrogens with zero attached hydrogens (tertiary/aromatic N) is 9. The number of ketones is 1. The first-order chi connectivity index (χ1) is 19.8. The maximum absolute atomic E-state index is 13.2. The number of Topliss-reactive ketones (excluding diaryl/α,β-unsaturated/α-hetero) is 1. The Morgan fingerprint density at radius 1 is 1.12 bits per heavy atom. The van der Waals surface area contributed by atoms with E-state index in [1.807, 2.05) is 50.2 Å². The number of H-pyrrole nitrogens is 1. The number of aryl methyl sites for hydroxylation is 2. The summed E-state index contributed by atoms with van der Waals surface area (Å²) in [7, 11) is 1.86. The van der Waals surface area contributed by atoms with E-state index in [1.54, 1.807) is 17.1 Å². The van der Waals surface area contributed by atoms with Crippen LogP contribution in [0.4, 0.5) is 5.82 Å². The van der Waals surface area contributed by atoms with Crippen molar-refractivity contribution in [3.05, 3.63) is 60.2 Å². The minimum atomic E-state index is -0.203. The lowest BCUT2D eigenvalue weighted by Gasteiger charge is -2.30. The molecular formula is C28H33N11O2. The zero-order valence-corrected chi connectivity index (χ0v) is 23.6. The van der Waals surface area contributed by atoms with E-state index in [0.29, 0.717) is 36.3 Å². The van der Waals surface area contributed by atoms with Gasteiger partial charge in [0.15, 0.2) is 11.4 Å². The Morgan fingerprint density at radius 2 is 1.95 bits per heavy atom. The molecule has 0 unspecified atom stereocenters. The van der Waals surface area contributed by atoms with Crippen LogP contribution < -0.4 is 5.73 Å². The van der Waals surface area contributed by atoms with Crippen LogP contribution >= 0.6 is 0 Å². The van der Waals surface area contributed by atoms with Gasteiger partial charge in [-0.2, -0.15) is 19.8 Å². The van der Waals surface area contributed by atoms with Crippen LogP contribution in [-0.2, 0) is 13.5 Å². The van der Waals surface area contributed by atoms with Gasteiger partial charge in [0, 0.05) is 43.2 Å². The summed E-state index contributed by atoms with van der Waals surface area (Å²) in [5.41, 5.74) is 11.0. The monoisotopic (exact) mass is 555 g/mol. The summed E-state index contributed by atoms with van der Waals surface area (Å²) < 4.78 is 3.22. The van der Waals surface area contributed by atoms with Crippen LogP contribution in [0.1, 0.15) is 66.7 Å². The molecule has 5 rings (SSSR count). The second-order valence-electron chi connectivity index (χ2n) is 9.91. The molecule has 3 N–H and O–H groups in total. The van der Waals surface area contributed by atoms with E-state index < -0.39 is 0 Å². The van der Waals surface area contributed by atoms with Gasteiger partial charge in [-0.05, 0) is 44.7 Å². The molecule has 13 heteroatoms. The molecule has 0 aromatic carbocycles. The highest BCUT2D eigenvalue weighted by Crippen LogP contribution is 2.29. The maximum atomic E-state index is 13.2. The van der Waals surface area contributed by atoms with Crippen molar-refractivity contribution < 1.29 is 9.59 Å². The number of amides is 1. The minimum absolute atomic E-state index is 0.0978. The van der Waals surface area contributed by atoms with E-state index in [-0.39, 0.29) is 29.4 Å². The average Bonchev–Trinajstić information content (AvgIpc) is 3.74. The fraction of sp³-hybridized carbons (Fsp3) is 0.357. The maximum Gasteiger partial charge on any atom is 0.291 e. The lowest BCUT2D eigenvalue weighted by Crippen LogP contribution is -2.41. The molecule has 5 aromatic heterocycles. The summed E-state index contributed by atoms with van der Waals surface area (Å²) in [6, 6.07) is 5.64. The Hall–Kier alpha value is -4.94. The molecule has 5 aromatic rings. The van der Waals surface area contributed by atoms with Gasteiger partial charge in [0.25, 0.3) is 5.91 Å². The second kappa shape index (κ2) is 11.7. The van der Waals surface area contributed by atoms with Gasteiger partial charge < -0.3 is 10.6 Å². The quantitative estimate of drug-likeness (QED) is 0.232. The van der Waals surface area contributed by atoms with Crippen LogP contribution in [-0.4, -0.2) is 73.7 Å². The normalized spacial score (nSPS) is 12.1. The minimum Gasteiger partial charge on any atom is -0.383 e. The number of anilines is 1. The highest BCUT2D eigenvalue weighted by Gasteiger charge is 2.27. The molecule has 0 saturated carbocycles. The molecule has 0 radical (unpaired) electrons. The van der Waals surface area contributed by atoms with Gasteiger partial charge in [-0.1, -0.05) is 19.9 Å². The number of carbonyl (C=O) groups excluding carboxylic acids is 2. The molecule has 13 nitrogen and oxygen atoms in total. The number of pyridine rings is 1. The van der Waals surface area contributed by atoms with Crippen LogP contribution in [0, 0.1) is 0 Å². The Bertz CT molecular complexity index is 1670. The fourth-order valence-electron chi connectivity index (χ4n) is 5.11. The molecule has 41 heavy (non-hydrogen) atoms. The summed E-state index contributed by atoms with van der Waals surface area (Å²) in [5, 5.41) is 15.3. The SMILES string of the molecule is CCCN(C(=O)c1ncn[nH]1)[C@H](CC)CCc1nc2c(-c3ccc(-c4ccn(C)n4)nc3)cnn2c(N)c1C(C)=O. The largest absolute Gasteiger partial charge is 0.383 e. The zero-order valence-electron chi connectivity index (χ0n) is 23.6. The average molecular weight is 556 g/mol. The number of nitrogens with one attached hydrogen (secondary N) is 1. The van der Waals surface area contributed by atoms with Crippen molar-refractivity contribution in [3.8, 4) is 22.5 Å². The molecule has 0 bridgehead atoms. The lowest BCUT2D eigenvalue weighted by molar-refractivity contribution is 0.0650. The number of nitrogens with two attached hydrogens (primary N) is 1. The van der Waals surface area contributed by atoms with E-state index in [2.05, 4.69) is 30.4 Å². The van der Waals surface area contributed by atoms with Gasteiger partial charge in [-0.3, -0.25) is 24.4 Å². The van der Waals surface area contributed by atoms with E-state index in [4.69, 9.17) is 10.7 Å². The van der Waals surface area contributed by atoms with Gasteiger partial charge in [0.2, 0.25) is 5.82 Å². The first-order valence-electron chi connectivity index (χ1n) is 13.6. The number of aromatic nitrogens is 9. The summed E-state index contributed by atoms with van der Waals surface area (Å²) in [6.45, 7) is 6.10. The van der Waals surface area contributed by atoms with E-state index in [1.165, 1.54) is 17.8 Å². The van der Waals surface area contributed by atoms with Crippen molar-refractivity contribution in [2.75, 3.05) is 12.3 Å². The third-order valence-electron chi connectivity index (χ3n) is 7.13. The van der Waals surface area contributed by atoms with E-state index >= 15 is 0 Å². The molecule has 1 amide bonds. The van der Waals surface area contributed by atoms with Gasteiger partial charge in [-0.25, -0.2) is 9.97 Å². The topological polar surface area (TPSA) is 166 Å². The smallest absolute Gasteiger partial charge is 0.291 e. The summed E-state index contributed by atoms with van der Waals surface area (Å²) in [6.07, 6.45) is 9.16. The third kappa shape index (κ3) is 5.42. The standard InChI is InChI=1S/C28H33N11O2/c1-5-12-38(28(41)26-31-16-32-35-26)19(6-2)8-10-23-24(17(3)40)25(29)39-27(34-23)20(15-33-39)18-7-9-21(30-14-18)22-11-13-37(4)36-22/h7,9,11,13-16,19H,5-6,8,10,12,29H2,1-4H3,(H,31,32,35)/t19-/m1/s1. The molecule has 0 aliphatic carbocycles. The molecule has 1 atom stereocenters. The molecule has 212 valence electrons.